The summed E-state index contributed by atoms with van der Waals surface area (Å²) in [6.45, 7) is 0.587. The Hall–Kier alpha value is -1.01. The van der Waals surface area contributed by atoms with Crippen LogP contribution in [0.4, 0.5) is 0 Å². The van der Waals surface area contributed by atoms with Gasteiger partial charge in [0.25, 0.3) is 5.91 Å². The molecule has 5 nitrogen and oxygen atoms in total. The molecule has 1 aromatic rings. The fourth-order valence-electron chi connectivity index (χ4n) is 1.24. The van der Waals surface area contributed by atoms with Crippen LogP contribution in [0.1, 0.15) is 10.4 Å². The highest BCUT2D eigenvalue weighted by Gasteiger charge is 2.19. The topological polar surface area (TPSA) is 56.8 Å². The molecule has 0 saturated carbocycles. The minimum atomic E-state index is -0.532. The van der Waals surface area contributed by atoms with Gasteiger partial charge in [-0.05, 0) is 12.1 Å². The van der Waals surface area contributed by atoms with Crippen molar-refractivity contribution in [3.63, 3.8) is 0 Å². The number of hydroxylamine groups is 1. The van der Waals surface area contributed by atoms with Crippen LogP contribution in [0.5, 0.6) is 5.75 Å². The van der Waals surface area contributed by atoms with Crippen LogP contribution in [0.15, 0.2) is 12.1 Å². The highest BCUT2D eigenvalue weighted by Crippen LogP contribution is 2.33. The van der Waals surface area contributed by atoms with Gasteiger partial charge < -0.3 is 9.47 Å². The molecule has 0 aliphatic rings. The number of hydrogen-bond acceptors (Lipinski definition) is 4. The normalized spacial score (nSPS) is 10.2. The summed E-state index contributed by atoms with van der Waals surface area (Å²) in [7, 11) is 2.93. The molecule has 0 heterocycles. The van der Waals surface area contributed by atoms with Crippen molar-refractivity contribution in [3.8, 4) is 5.75 Å². The Morgan fingerprint density at radius 3 is 2.50 bits per heavy atom. The molecule has 0 aliphatic carbocycles. The molecule has 0 unspecified atom stereocenters. The van der Waals surface area contributed by atoms with Crippen LogP contribution < -0.4 is 10.2 Å². The third kappa shape index (κ3) is 3.74. The summed E-state index contributed by atoms with van der Waals surface area (Å²) >= 11 is 11.8. The molecule has 0 spiro atoms. The second-order valence-electron chi connectivity index (χ2n) is 3.21. The van der Waals surface area contributed by atoms with Crippen LogP contribution in [0.3, 0.4) is 0 Å². The van der Waals surface area contributed by atoms with Gasteiger partial charge in [-0.3, -0.25) is 9.63 Å². The van der Waals surface area contributed by atoms with Crippen molar-refractivity contribution in [3.05, 3.63) is 27.7 Å². The first kappa shape index (κ1) is 15.0. The number of carbonyl (C=O) groups is 1. The first-order valence-electron chi connectivity index (χ1n) is 5.04. The van der Waals surface area contributed by atoms with E-state index in [9.17, 15) is 4.79 Å². The highest BCUT2D eigenvalue weighted by atomic mass is 35.5. The van der Waals surface area contributed by atoms with Crippen molar-refractivity contribution < 1.29 is 19.1 Å². The van der Waals surface area contributed by atoms with Crippen LogP contribution >= 0.6 is 23.2 Å². The number of methoxy groups -OCH3 is 2. The lowest BCUT2D eigenvalue weighted by Gasteiger charge is -2.12. The smallest absolute Gasteiger partial charge is 0.280 e. The molecular weight excluding hydrogens is 281 g/mol. The lowest BCUT2D eigenvalue weighted by molar-refractivity contribution is 0.00875. The van der Waals surface area contributed by atoms with Crippen molar-refractivity contribution in [2.75, 3.05) is 27.4 Å². The Labute approximate surface area is 115 Å². The molecule has 1 rings (SSSR count). The summed E-state index contributed by atoms with van der Waals surface area (Å²) in [4.78, 5) is 16.8. The van der Waals surface area contributed by atoms with Crippen molar-refractivity contribution in [2.45, 2.75) is 0 Å². The van der Waals surface area contributed by atoms with Gasteiger partial charge in [-0.2, -0.15) is 0 Å². The van der Waals surface area contributed by atoms with Crippen LogP contribution in [0.25, 0.3) is 0 Å². The molecule has 18 heavy (non-hydrogen) atoms. The van der Waals surface area contributed by atoms with Gasteiger partial charge in [0.15, 0.2) is 5.75 Å². The highest BCUT2D eigenvalue weighted by molar-refractivity contribution is 6.37. The number of ether oxygens (including phenoxy) is 2. The zero-order valence-electron chi connectivity index (χ0n) is 9.96. The van der Waals surface area contributed by atoms with Gasteiger partial charge in [0.05, 0.1) is 30.4 Å². The maximum absolute atomic E-state index is 11.9. The van der Waals surface area contributed by atoms with E-state index >= 15 is 0 Å². The van der Waals surface area contributed by atoms with Gasteiger partial charge in [0, 0.05) is 7.11 Å². The minimum absolute atomic E-state index is 0.129. The number of benzene rings is 1. The Balaban J connectivity index is 2.81. The maximum Gasteiger partial charge on any atom is 0.280 e. The molecule has 1 aromatic carbocycles. The van der Waals surface area contributed by atoms with E-state index in [4.69, 9.17) is 37.5 Å². The summed E-state index contributed by atoms with van der Waals surface area (Å²) in [6.07, 6.45) is 0. The number of carbonyl (C=O) groups excluding carboxylic acids is 1. The zero-order chi connectivity index (χ0) is 13.5. The fourth-order valence-corrected chi connectivity index (χ4v) is 1.71. The summed E-state index contributed by atoms with van der Waals surface area (Å²) < 4.78 is 9.82. The summed E-state index contributed by atoms with van der Waals surface area (Å²) in [5, 5.41) is 0.521. The monoisotopic (exact) mass is 293 g/mol. The van der Waals surface area contributed by atoms with Gasteiger partial charge in [-0.25, -0.2) is 5.48 Å². The Morgan fingerprint density at radius 2 is 1.89 bits per heavy atom. The second-order valence-corrected chi connectivity index (χ2v) is 4.02. The van der Waals surface area contributed by atoms with E-state index < -0.39 is 5.91 Å². The van der Waals surface area contributed by atoms with Gasteiger partial charge in [0.1, 0.15) is 5.56 Å². The average molecular weight is 294 g/mol. The zero-order valence-corrected chi connectivity index (χ0v) is 11.5. The lowest BCUT2D eigenvalue weighted by Crippen LogP contribution is -2.26. The van der Waals surface area contributed by atoms with E-state index in [1.165, 1.54) is 20.3 Å². The van der Waals surface area contributed by atoms with E-state index in [2.05, 4.69) is 5.48 Å². The molecule has 0 saturated heterocycles. The quantitative estimate of drug-likeness (QED) is 0.646. The molecule has 0 atom stereocenters. The number of rotatable bonds is 6. The summed E-state index contributed by atoms with van der Waals surface area (Å²) in [6, 6.07) is 3.06. The fraction of sp³-hybridized carbons (Fsp3) is 0.364. The maximum atomic E-state index is 11.9. The Morgan fingerprint density at radius 1 is 1.22 bits per heavy atom. The van der Waals surface area contributed by atoms with Gasteiger partial charge in [-0.1, -0.05) is 23.2 Å². The van der Waals surface area contributed by atoms with Crippen molar-refractivity contribution in [1.29, 1.82) is 0 Å². The van der Waals surface area contributed by atoms with Crippen LogP contribution in [-0.2, 0) is 9.57 Å². The summed E-state index contributed by atoms with van der Waals surface area (Å²) in [5.41, 5.74) is 2.36. The third-order valence-electron chi connectivity index (χ3n) is 2.04. The van der Waals surface area contributed by atoms with E-state index in [-0.39, 0.29) is 22.9 Å². The summed E-state index contributed by atoms with van der Waals surface area (Å²) in [5.74, 6) is -0.326. The van der Waals surface area contributed by atoms with E-state index in [1.54, 1.807) is 6.07 Å². The molecule has 1 amide bonds. The second kappa shape index (κ2) is 7.43. The molecule has 0 radical (unpaired) electrons. The molecule has 0 aliphatic heterocycles. The molecule has 0 bridgehead atoms. The van der Waals surface area contributed by atoms with Crippen molar-refractivity contribution >= 4 is 29.1 Å². The molecule has 0 fully saturated rings. The first-order valence-corrected chi connectivity index (χ1v) is 5.80. The predicted molar refractivity (Wildman–Crippen MR) is 68.3 cm³/mol. The Bertz CT molecular complexity index is 426. The van der Waals surface area contributed by atoms with Gasteiger partial charge in [0.2, 0.25) is 0 Å². The average Bonchev–Trinajstić information content (AvgIpc) is 2.36. The van der Waals surface area contributed by atoms with Gasteiger partial charge >= 0.3 is 0 Å². The molecule has 1 N–H and O–H groups in total. The predicted octanol–water partition coefficient (Wildman–Crippen LogP) is 2.31. The molecular formula is C11H13Cl2NO4. The van der Waals surface area contributed by atoms with Crippen molar-refractivity contribution in [1.82, 2.24) is 5.48 Å². The van der Waals surface area contributed by atoms with Crippen LogP contribution in [0, 0.1) is 0 Å². The van der Waals surface area contributed by atoms with E-state index in [0.29, 0.717) is 11.6 Å². The SMILES string of the molecule is COCCONC(=O)c1c(Cl)ccc(Cl)c1OC. The van der Waals surface area contributed by atoms with E-state index in [1.807, 2.05) is 0 Å². The van der Waals surface area contributed by atoms with Crippen LogP contribution in [0.2, 0.25) is 10.0 Å². The first-order chi connectivity index (χ1) is 8.61. The standard InChI is InChI=1S/C11H13Cl2NO4/c1-16-5-6-18-14-11(15)9-7(12)3-4-8(13)10(9)17-2/h3-4H,5-6H2,1-2H3,(H,14,15). The van der Waals surface area contributed by atoms with E-state index in [0.717, 1.165) is 0 Å². The Kier molecular flexibility index (Phi) is 6.21. The van der Waals surface area contributed by atoms with Crippen LogP contribution in [-0.4, -0.2) is 33.3 Å². The number of amides is 1. The lowest BCUT2D eigenvalue weighted by atomic mass is 10.2. The number of nitrogens with one attached hydrogen (secondary N) is 1. The molecule has 0 aromatic heterocycles. The largest absolute Gasteiger partial charge is 0.494 e. The molecule has 100 valence electrons. The van der Waals surface area contributed by atoms with Gasteiger partial charge in [-0.15, -0.1) is 0 Å². The minimum Gasteiger partial charge on any atom is -0.494 e. The third-order valence-corrected chi connectivity index (χ3v) is 2.66. The van der Waals surface area contributed by atoms with Crippen molar-refractivity contribution in [2.24, 2.45) is 0 Å². The molecule has 7 heteroatoms. The number of halogens is 2. The number of hydrogen-bond donors (Lipinski definition) is 1.